The summed E-state index contributed by atoms with van der Waals surface area (Å²) in [4.78, 5) is 12.2. The molecule has 0 saturated heterocycles. The molecule has 0 aliphatic rings. The van der Waals surface area contributed by atoms with Crippen LogP contribution in [0, 0.1) is 0 Å². The molecule has 0 aliphatic heterocycles. The Morgan fingerprint density at radius 3 is 2.39 bits per heavy atom. The van der Waals surface area contributed by atoms with Gasteiger partial charge in [0.25, 0.3) is 0 Å². The van der Waals surface area contributed by atoms with E-state index in [1.165, 1.54) is 0 Å². The fraction of sp³-hybridized carbons (Fsp3) is 0.0455. The Bertz CT molecular complexity index is 1170. The van der Waals surface area contributed by atoms with Crippen molar-refractivity contribution in [3.63, 3.8) is 0 Å². The van der Waals surface area contributed by atoms with Crippen molar-refractivity contribution in [1.29, 1.82) is 0 Å². The monoisotopic (exact) mass is 411 g/mol. The maximum atomic E-state index is 12.2. The number of para-hydroxylation sites is 1. The maximum Gasteiger partial charge on any atom is 0.356 e. The molecule has 28 heavy (non-hydrogen) atoms. The fourth-order valence-electron chi connectivity index (χ4n) is 3.20. The number of rotatable bonds is 5. The molecule has 0 saturated carbocycles. The minimum absolute atomic E-state index is 0.0566. The number of hydrogen-bond acceptors (Lipinski definition) is 2. The summed E-state index contributed by atoms with van der Waals surface area (Å²) in [6.45, 7) is 0.332. The van der Waals surface area contributed by atoms with Gasteiger partial charge in [0.15, 0.2) is 11.4 Å². The minimum Gasteiger partial charge on any atom is -0.476 e. The van der Waals surface area contributed by atoms with Crippen LogP contribution in [0.15, 0.2) is 72.8 Å². The Hall–Kier alpha value is -2.95. The third kappa shape index (κ3) is 3.57. The number of nitrogens with zero attached hydrogens (tertiary/aromatic N) is 1. The summed E-state index contributed by atoms with van der Waals surface area (Å²) >= 11 is 12.3. The smallest absolute Gasteiger partial charge is 0.356 e. The van der Waals surface area contributed by atoms with Gasteiger partial charge in [-0.3, -0.25) is 0 Å². The number of carbonyl (C=O) groups is 1. The molecule has 0 radical (unpaired) electrons. The molecule has 0 atom stereocenters. The largest absolute Gasteiger partial charge is 0.476 e. The second-order valence-corrected chi connectivity index (χ2v) is 7.15. The lowest BCUT2D eigenvalue weighted by atomic mass is 10.2. The van der Waals surface area contributed by atoms with Gasteiger partial charge < -0.3 is 14.4 Å². The quantitative estimate of drug-likeness (QED) is 0.408. The lowest BCUT2D eigenvalue weighted by Gasteiger charge is -2.10. The number of carboxylic acid groups (broad SMARTS) is 1. The highest BCUT2D eigenvalue weighted by molar-refractivity contribution is 6.31. The number of benzene rings is 3. The molecule has 1 heterocycles. The first-order valence-corrected chi connectivity index (χ1v) is 9.31. The Morgan fingerprint density at radius 1 is 0.929 bits per heavy atom. The van der Waals surface area contributed by atoms with Gasteiger partial charge >= 0.3 is 5.97 Å². The van der Waals surface area contributed by atoms with E-state index in [4.69, 9.17) is 27.9 Å². The van der Waals surface area contributed by atoms with E-state index < -0.39 is 5.97 Å². The Labute approximate surface area is 171 Å². The first-order chi connectivity index (χ1) is 13.5. The predicted octanol–water partition coefficient (Wildman–Crippen LogP) is 6.49. The van der Waals surface area contributed by atoms with Crippen LogP contribution >= 0.6 is 23.2 Å². The highest BCUT2D eigenvalue weighted by atomic mass is 35.5. The molecule has 0 aliphatic carbocycles. The standard InChI is InChI=1S/C22H15Cl2NO3/c23-15-6-4-5-14(11-15)13-25-19-10-9-16(24)12-18(19)21(20(25)22(26)27)28-17-7-2-1-3-8-17/h1-12H,13H2,(H,26,27). The molecule has 4 aromatic rings. The van der Waals surface area contributed by atoms with Crippen LogP contribution in [0.1, 0.15) is 16.1 Å². The number of fused-ring (bicyclic) bond motifs is 1. The Kier molecular flexibility index (Phi) is 4.99. The first-order valence-electron chi connectivity index (χ1n) is 8.55. The predicted molar refractivity (Wildman–Crippen MR) is 111 cm³/mol. The van der Waals surface area contributed by atoms with Gasteiger partial charge in [0.2, 0.25) is 0 Å². The Balaban J connectivity index is 1.93. The molecular weight excluding hydrogens is 397 g/mol. The van der Waals surface area contributed by atoms with Crippen LogP contribution in [0.5, 0.6) is 11.5 Å². The highest BCUT2D eigenvalue weighted by Gasteiger charge is 2.25. The van der Waals surface area contributed by atoms with Crippen molar-refractivity contribution in [2.75, 3.05) is 0 Å². The molecular formula is C22H15Cl2NO3. The van der Waals surface area contributed by atoms with Gasteiger partial charge in [0, 0.05) is 22.0 Å². The van der Waals surface area contributed by atoms with Gasteiger partial charge in [-0.05, 0) is 48.0 Å². The SMILES string of the molecule is O=C(O)c1c(Oc2ccccc2)c2cc(Cl)ccc2n1Cc1cccc(Cl)c1. The number of aromatic nitrogens is 1. The van der Waals surface area contributed by atoms with Gasteiger partial charge in [-0.25, -0.2) is 4.79 Å². The summed E-state index contributed by atoms with van der Waals surface area (Å²) in [5.41, 5.74) is 1.65. The summed E-state index contributed by atoms with van der Waals surface area (Å²) in [5.74, 6) is -0.273. The van der Waals surface area contributed by atoms with Gasteiger partial charge in [-0.2, -0.15) is 0 Å². The zero-order valence-corrected chi connectivity index (χ0v) is 16.1. The van der Waals surface area contributed by atoms with E-state index in [2.05, 4.69) is 0 Å². The fourth-order valence-corrected chi connectivity index (χ4v) is 3.59. The molecule has 4 nitrogen and oxygen atoms in total. The average molecular weight is 412 g/mol. The normalized spacial score (nSPS) is 10.9. The average Bonchev–Trinajstić information content (AvgIpc) is 2.95. The third-order valence-electron chi connectivity index (χ3n) is 4.37. The lowest BCUT2D eigenvalue weighted by Crippen LogP contribution is -2.10. The van der Waals surface area contributed by atoms with Gasteiger partial charge in [0.05, 0.1) is 5.52 Å². The van der Waals surface area contributed by atoms with Crippen molar-refractivity contribution >= 4 is 40.1 Å². The van der Waals surface area contributed by atoms with Crippen molar-refractivity contribution in [2.24, 2.45) is 0 Å². The van der Waals surface area contributed by atoms with Crippen molar-refractivity contribution in [3.8, 4) is 11.5 Å². The zero-order chi connectivity index (χ0) is 19.7. The molecule has 3 aromatic carbocycles. The molecule has 0 spiro atoms. The molecule has 0 unspecified atom stereocenters. The summed E-state index contributed by atoms with van der Waals surface area (Å²) in [5, 5.41) is 11.7. The molecule has 1 aromatic heterocycles. The van der Waals surface area contributed by atoms with Crippen LogP contribution in [0.3, 0.4) is 0 Å². The molecule has 0 fully saturated rings. The van der Waals surface area contributed by atoms with E-state index in [9.17, 15) is 9.90 Å². The second kappa shape index (κ2) is 7.58. The van der Waals surface area contributed by atoms with E-state index in [0.29, 0.717) is 33.2 Å². The number of hydrogen-bond donors (Lipinski definition) is 1. The lowest BCUT2D eigenvalue weighted by molar-refractivity contribution is 0.0683. The third-order valence-corrected chi connectivity index (χ3v) is 4.84. The number of ether oxygens (including phenoxy) is 1. The Morgan fingerprint density at radius 2 is 1.68 bits per heavy atom. The van der Waals surface area contributed by atoms with E-state index in [1.54, 1.807) is 41.0 Å². The molecule has 6 heteroatoms. The summed E-state index contributed by atoms with van der Waals surface area (Å²) in [7, 11) is 0. The molecule has 140 valence electrons. The molecule has 4 rings (SSSR count). The van der Waals surface area contributed by atoms with Gasteiger partial charge in [-0.1, -0.05) is 53.5 Å². The summed E-state index contributed by atoms with van der Waals surface area (Å²) in [6.07, 6.45) is 0. The highest BCUT2D eigenvalue weighted by Crippen LogP contribution is 2.38. The van der Waals surface area contributed by atoms with Crippen LogP contribution in [0.2, 0.25) is 10.0 Å². The van der Waals surface area contributed by atoms with E-state index in [-0.39, 0.29) is 11.4 Å². The molecule has 1 N–H and O–H groups in total. The second-order valence-electron chi connectivity index (χ2n) is 6.28. The minimum atomic E-state index is -1.08. The van der Waals surface area contributed by atoms with Crippen molar-refractivity contribution in [3.05, 3.63) is 94.1 Å². The van der Waals surface area contributed by atoms with Crippen LogP contribution in [0.25, 0.3) is 10.9 Å². The van der Waals surface area contributed by atoms with Crippen molar-refractivity contribution in [1.82, 2.24) is 4.57 Å². The van der Waals surface area contributed by atoms with Gasteiger partial charge in [0.1, 0.15) is 5.75 Å². The number of halogens is 2. The van der Waals surface area contributed by atoms with Crippen LogP contribution in [-0.2, 0) is 6.54 Å². The van der Waals surface area contributed by atoms with Crippen LogP contribution < -0.4 is 4.74 Å². The number of carboxylic acids is 1. The molecule has 0 bridgehead atoms. The zero-order valence-electron chi connectivity index (χ0n) is 14.6. The van der Waals surface area contributed by atoms with E-state index >= 15 is 0 Å². The van der Waals surface area contributed by atoms with Crippen molar-refractivity contribution in [2.45, 2.75) is 6.54 Å². The van der Waals surface area contributed by atoms with Crippen LogP contribution in [-0.4, -0.2) is 15.6 Å². The maximum absolute atomic E-state index is 12.2. The van der Waals surface area contributed by atoms with Crippen LogP contribution in [0.4, 0.5) is 0 Å². The molecule has 0 amide bonds. The topological polar surface area (TPSA) is 51.5 Å². The van der Waals surface area contributed by atoms with Crippen molar-refractivity contribution < 1.29 is 14.6 Å². The first kappa shape index (κ1) is 18.4. The van der Waals surface area contributed by atoms with E-state index in [1.807, 2.05) is 36.4 Å². The van der Waals surface area contributed by atoms with Gasteiger partial charge in [-0.15, -0.1) is 0 Å². The summed E-state index contributed by atoms with van der Waals surface area (Å²) < 4.78 is 7.70. The number of aromatic carboxylic acids is 1. The van der Waals surface area contributed by atoms with E-state index in [0.717, 1.165) is 5.56 Å². The summed E-state index contributed by atoms with van der Waals surface area (Å²) in [6, 6.07) is 21.6.